The Morgan fingerprint density at radius 3 is 2.48 bits per heavy atom. The van der Waals surface area contributed by atoms with Crippen molar-refractivity contribution in [3.63, 3.8) is 0 Å². The van der Waals surface area contributed by atoms with Crippen LogP contribution in [0.3, 0.4) is 0 Å². The van der Waals surface area contributed by atoms with E-state index in [-0.39, 0.29) is 17.6 Å². The number of aliphatic carboxylic acids is 1. The number of hydrogen-bond donors (Lipinski definition) is 1. The van der Waals surface area contributed by atoms with Crippen molar-refractivity contribution >= 4 is 36.5 Å². The Labute approximate surface area is 153 Å². The monoisotopic (exact) mass is 381 g/mol. The highest BCUT2D eigenvalue weighted by molar-refractivity contribution is 7.34. The molecule has 0 aliphatic heterocycles. The number of carboxylic acids is 1. The Bertz CT molecular complexity index is 831. The van der Waals surface area contributed by atoms with Crippen molar-refractivity contribution in [3.8, 4) is 5.75 Å². The molecule has 0 bridgehead atoms. The fourth-order valence-corrected chi connectivity index (χ4v) is 3.94. The predicted octanol–water partition coefficient (Wildman–Crippen LogP) is 5.01. The molecule has 0 fully saturated rings. The topological polar surface area (TPSA) is 82.0 Å². The van der Waals surface area contributed by atoms with Gasteiger partial charge in [0.1, 0.15) is 0 Å². The van der Waals surface area contributed by atoms with Gasteiger partial charge in [0, 0.05) is 5.39 Å². The maximum atomic E-state index is 12.5. The summed E-state index contributed by atoms with van der Waals surface area (Å²) in [6.45, 7) is 7.15. The number of halogens is 1. The third-order valence-electron chi connectivity index (χ3n) is 3.64. The van der Waals surface area contributed by atoms with Gasteiger partial charge in [0.25, 0.3) is 0 Å². The van der Waals surface area contributed by atoms with Crippen LogP contribution < -0.4 is 9.42 Å². The molecule has 2 rings (SSSR count). The molecular formula is C18H21ClNO4P. The summed E-state index contributed by atoms with van der Waals surface area (Å²) in [5.41, 5.74) is -1.81. The summed E-state index contributed by atoms with van der Waals surface area (Å²) in [4.78, 5) is 24.1. The van der Waals surface area contributed by atoms with Crippen LogP contribution in [-0.2, 0) is 4.79 Å². The molecule has 2 aromatic rings. The van der Waals surface area contributed by atoms with Crippen LogP contribution in [0.15, 0.2) is 41.1 Å². The molecule has 134 valence electrons. The first-order chi connectivity index (χ1) is 11.5. The van der Waals surface area contributed by atoms with Crippen molar-refractivity contribution < 1.29 is 19.3 Å². The minimum atomic E-state index is -2.61. The minimum absolute atomic E-state index is 0.225. The van der Waals surface area contributed by atoms with E-state index in [0.717, 1.165) is 5.39 Å². The van der Waals surface area contributed by atoms with Crippen LogP contribution in [-0.4, -0.2) is 16.6 Å². The van der Waals surface area contributed by atoms with E-state index in [0.29, 0.717) is 10.4 Å². The Kier molecular flexibility index (Phi) is 5.72. The van der Waals surface area contributed by atoms with E-state index in [1.165, 1.54) is 6.92 Å². The summed E-state index contributed by atoms with van der Waals surface area (Å²) in [6, 6.07) is 10.8. The van der Waals surface area contributed by atoms with Gasteiger partial charge in [0.05, 0.1) is 5.02 Å². The van der Waals surface area contributed by atoms with Gasteiger partial charge >= 0.3 is 14.1 Å². The number of fused-ring (bicyclic) bond motifs is 1. The first kappa shape index (κ1) is 19.6. The molecule has 7 heteroatoms. The number of benzene rings is 2. The average Bonchev–Trinajstić information content (AvgIpc) is 2.48. The molecule has 0 radical (unpaired) electrons. The fourth-order valence-electron chi connectivity index (χ4n) is 2.77. The van der Waals surface area contributed by atoms with E-state index < -0.39 is 19.7 Å². The minimum Gasteiger partial charge on any atom is -0.575 e. The molecule has 2 aromatic carbocycles. The van der Waals surface area contributed by atoms with Crippen LogP contribution in [0.25, 0.3) is 10.8 Å². The van der Waals surface area contributed by atoms with Gasteiger partial charge in [-0.25, -0.2) is 4.79 Å². The van der Waals surface area contributed by atoms with Gasteiger partial charge in [0.15, 0.2) is 0 Å². The summed E-state index contributed by atoms with van der Waals surface area (Å²) < 4.78 is 9.43. The third kappa shape index (κ3) is 4.91. The summed E-state index contributed by atoms with van der Waals surface area (Å²) in [5, 5.41) is 11.4. The zero-order chi connectivity index (χ0) is 18.8. The molecular weight excluding hydrogens is 361 g/mol. The molecule has 2 atom stereocenters. The molecule has 0 spiro atoms. The van der Waals surface area contributed by atoms with Crippen LogP contribution in [0.5, 0.6) is 5.75 Å². The SMILES string of the molecule is CC(C)(C)C[C@@](C)(/N=[P+](\[O-])Oc1c(Cl)ccc2ccccc12)C(=O)O. The molecule has 5 nitrogen and oxygen atoms in total. The van der Waals surface area contributed by atoms with Gasteiger partial charge in [-0.15, -0.1) is 0 Å². The molecule has 0 saturated carbocycles. The summed E-state index contributed by atoms with van der Waals surface area (Å²) in [7, 11) is -2.61. The second kappa shape index (κ2) is 7.28. The van der Waals surface area contributed by atoms with Gasteiger partial charge in [-0.3, -0.25) is 4.52 Å². The molecule has 0 amide bonds. The largest absolute Gasteiger partial charge is 0.575 e. The summed E-state index contributed by atoms with van der Waals surface area (Å²) in [5.74, 6) is -0.897. The average molecular weight is 382 g/mol. The second-order valence-electron chi connectivity index (χ2n) is 7.34. The molecule has 0 aromatic heterocycles. The van der Waals surface area contributed by atoms with E-state index >= 15 is 0 Å². The highest BCUT2D eigenvalue weighted by atomic mass is 35.5. The zero-order valence-corrected chi connectivity index (χ0v) is 16.3. The van der Waals surface area contributed by atoms with E-state index in [9.17, 15) is 14.8 Å². The van der Waals surface area contributed by atoms with E-state index in [1.807, 2.05) is 45.0 Å². The van der Waals surface area contributed by atoms with Crippen molar-refractivity contribution in [1.82, 2.24) is 0 Å². The number of carbonyl (C=O) groups is 1. The molecule has 0 aliphatic carbocycles. The smallest absolute Gasteiger partial charge is 0.395 e. The first-order valence-corrected chi connectivity index (χ1v) is 9.31. The Hall–Kier alpha value is -1.68. The molecule has 1 unspecified atom stereocenters. The van der Waals surface area contributed by atoms with Crippen LogP contribution in [0, 0.1) is 5.41 Å². The van der Waals surface area contributed by atoms with Crippen molar-refractivity contribution in [2.75, 3.05) is 0 Å². The quantitative estimate of drug-likeness (QED) is 0.738. The van der Waals surface area contributed by atoms with E-state index in [2.05, 4.69) is 4.74 Å². The van der Waals surface area contributed by atoms with Crippen LogP contribution in [0.2, 0.25) is 5.02 Å². The predicted molar refractivity (Wildman–Crippen MR) is 99.0 cm³/mol. The van der Waals surface area contributed by atoms with Crippen molar-refractivity contribution in [2.24, 2.45) is 10.2 Å². The van der Waals surface area contributed by atoms with Gasteiger partial charge in [-0.1, -0.05) is 67.4 Å². The zero-order valence-electron chi connectivity index (χ0n) is 14.6. The lowest BCUT2D eigenvalue weighted by Crippen LogP contribution is -2.37. The van der Waals surface area contributed by atoms with Crippen LogP contribution in [0.4, 0.5) is 0 Å². The highest BCUT2D eigenvalue weighted by Crippen LogP contribution is 2.40. The van der Waals surface area contributed by atoms with Crippen LogP contribution >= 0.6 is 19.8 Å². The molecule has 25 heavy (non-hydrogen) atoms. The number of nitrogens with zero attached hydrogens (tertiary/aromatic N) is 1. The maximum absolute atomic E-state index is 12.5. The highest BCUT2D eigenvalue weighted by Gasteiger charge is 2.41. The standard InChI is InChI=1S/C18H21ClNO4P/c1-17(2,3)11-18(4,16(21)22)20-25(23)24-15-13-8-6-5-7-12(13)9-10-14(15)19/h5-10H,11H2,1-4H3,(H,21,22)/t18-/m1/s1. The Morgan fingerprint density at radius 2 is 1.88 bits per heavy atom. The lowest BCUT2D eigenvalue weighted by atomic mass is 9.81. The van der Waals surface area contributed by atoms with Crippen molar-refractivity contribution in [3.05, 3.63) is 41.4 Å². The molecule has 0 heterocycles. The van der Waals surface area contributed by atoms with Crippen molar-refractivity contribution in [2.45, 2.75) is 39.7 Å². The van der Waals surface area contributed by atoms with E-state index in [4.69, 9.17) is 16.1 Å². The number of hydrogen-bond acceptors (Lipinski definition) is 4. The lowest BCUT2D eigenvalue weighted by molar-refractivity contribution is -0.170. The first-order valence-electron chi connectivity index (χ1n) is 7.80. The number of carboxylic acid groups (broad SMARTS) is 1. The molecule has 1 N–H and O–H groups in total. The fraction of sp³-hybridized carbons (Fsp3) is 0.389. The van der Waals surface area contributed by atoms with E-state index in [1.54, 1.807) is 12.1 Å². The molecule has 0 aliphatic rings. The lowest BCUT2D eigenvalue weighted by Gasteiger charge is -2.26. The maximum Gasteiger partial charge on any atom is 0.395 e. The van der Waals surface area contributed by atoms with Gasteiger partial charge in [0.2, 0.25) is 11.3 Å². The molecule has 0 saturated heterocycles. The van der Waals surface area contributed by atoms with Gasteiger partial charge < -0.3 is 10.00 Å². The number of rotatable bonds is 5. The van der Waals surface area contributed by atoms with Gasteiger partial charge in [-0.2, -0.15) is 0 Å². The van der Waals surface area contributed by atoms with Crippen LogP contribution in [0.1, 0.15) is 34.1 Å². The summed E-state index contributed by atoms with van der Waals surface area (Å²) in [6.07, 6.45) is 0.225. The second-order valence-corrected chi connectivity index (χ2v) is 8.61. The Balaban J connectivity index is 2.41. The van der Waals surface area contributed by atoms with Crippen molar-refractivity contribution in [1.29, 1.82) is 0 Å². The third-order valence-corrected chi connectivity index (χ3v) is 4.88. The normalized spacial score (nSPS) is 15.0. The summed E-state index contributed by atoms with van der Waals surface area (Å²) >= 11 is 6.18. The Morgan fingerprint density at radius 1 is 1.24 bits per heavy atom. The van der Waals surface area contributed by atoms with Gasteiger partial charge in [-0.05, 0) is 30.2 Å².